The lowest BCUT2D eigenvalue weighted by Gasteiger charge is -2.40. The van der Waals surface area contributed by atoms with Crippen molar-refractivity contribution in [1.29, 1.82) is 0 Å². The molecule has 0 aromatic heterocycles. The molecule has 4 aliphatic rings. The molecular weight excluding hydrogens is 579 g/mol. The molecule has 4 aliphatic heterocycles. The number of aliphatic hydroxyl groups is 1. The lowest BCUT2D eigenvalue weighted by Crippen LogP contribution is -2.57. The minimum absolute atomic E-state index is 0.0520. The van der Waals surface area contributed by atoms with Crippen LogP contribution in [0.15, 0.2) is 48.5 Å². The predicted octanol–water partition coefficient (Wildman–Crippen LogP) is 6.40. The van der Waals surface area contributed by atoms with E-state index in [2.05, 4.69) is 4.90 Å². The number of likely N-dealkylation sites (tertiary alicyclic amines) is 1. The Balaban J connectivity index is 0.996. The van der Waals surface area contributed by atoms with Crippen molar-refractivity contribution in [3.05, 3.63) is 64.7 Å². The number of halogens is 4. The average Bonchev–Trinajstić information content (AvgIpc) is 3.61. The molecule has 2 aromatic carbocycles. The number of piperidine rings is 2. The van der Waals surface area contributed by atoms with E-state index in [0.29, 0.717) is 47.3 Å². The Labute approximate surface area is 255 Å². The van der Waals surface area contributed by atoms with Gasteiger partial charge in [0, 0.05) is 49.5 Å². The van der Waals surface area contributed by atoms with E-state index in [1.165, 1.54) is 17.0 Å². The van der Waals surface area contributed by atoms with Gasteiger partial charge >= 0.3 is 6.18 Å². The van der Waals surface area contributed by atoms with Crippen molar-refractivity contribution < 1.29 is 27.9 Å². The molecule has 43 heavy (non-hydrogen) atoms. The minimum Gasteiger partial charge on any atom is -0.371 e. The van der Waals surface area contributed by atoms with Gasteiger partial charge in [-0.05, 0) is 87.8 Å². The zero-order chi connectivity index (χ0) is 30.4. The maximum Gasteiger partial charge on any atom is 0.430 e. The van der Waals surface area contributed by atoms with Gasteiger partial charge in [-0.25, -0.2) is 0 Å². The summed E-state index contributed by atoms with van der Waals surface area (Å²) in [6.45, 7) is 2.15. The first kappa shape index (κ1) is 30.3. The first-order chi connectivity index (χ1) is 20.6. The number of benzene rings is 2. The molecule has 2 amide bonds. The summed E-state index contributed by atoms with van der Waals surface area (Å²) in [6, 6.07) is 13.1. The fourth-order valence-corrected chi connectivity index (χ4v) is 8.10. The Bertz CT molecular complexity index is 1310. The zero-order valence-corrected chi connectivity index (χ0v) is 25.0. The largest absolute Gasteiger partial charge is 0.430 e. The quantitative estimate of drug-likeness (QED) is 0.407. The van der Waals surface area contributed by atoms with Crippen molar-refractivity contribution in [2.45, 2.75) is 81.6 Å². The van der Waals surface area contributed by atoms with Crippen LogP contribution in [-0.2, 0) is 10.4 Å². The van der Waals surface area contributed by atoms with Crippen LogP contribution in [-0.4, -0.2) is 71.2 Å². The van der Waals surface area contributed by atoms with Crippen LogP contribution in [0, 0.1) is 11.8 Å². The Hall–Kier alpha value is -2.78. The summed E-state index contributed by atoms with van der Waals surface area (Å²) < 4.78 is 41.9. The maximum absolute atomic E-state index is 14.0. The molecule has 4 fully saturated rings. The number of carbonyl (C=O) groups is 2. The van der Waals surface area contributed by atoms with Crippen LogP contribution in [0.5, 0.6) is 0 Å². The molecule has 1 unspecified atom stereocenters. The summed E-state index contributed by atoms with van der Waals surface area (Å²) in [7, 11) is 0. The summed E-state index contributed by atoms with van der Waals surface area (Å²) in [5.74, 6) is -0.410. The molecular formula is C33H39ClF3N3O3. The van der Waals surface area contributed by atoms with E-state index in [4.69, 9.17) is 11.6 Å². The normalized spacial score (nSPS) is 24.8. The van der Waals surface area contributed by atoms with Gasteiger partial charge in [0.15, 0.2) is 0 Å². The molecule has 0 spiro atoms. The van der Waals surface area contributed by atoms with Gasteiger partial charge in [-0.3, -0.25) is 9.59 Å². The van der Waals surface area contributed by atoms with Gasteiger partial charge in [0.05, 0.1) is 10.6 Å². The van der Waals surface area contributed by atoms with Crippen molar-refractivity contribution in [3.8, 4) is 0 Å². The fraction of sp³-hybridized carbons (Fsp3) is 0.576. The van der Waals surface area contributed by atoms with Crippen molar-refractivity contribution in [2.75, 3.05) is 31.1 Å². The van der Waals surface area contributed by atoms with E-state index in [-0.39, 0.29) is 19.0 Å². The molecule has 10 heteroatoms. The average molecular weight is 618 g/mol. The van der Waals surface area contributed by atoms with Gasteiger partial charge in [-0.1, -0.05) is 41.9 Å². The molecule has 6 nitrogen and oxygen atoms in total. The highest BCUT2D eigenvalue weighted by molar-refractivity contribution is 6.34. The van der Waals surface area contributed by atoms with Gasteiger partial charge in [-0.2, -0.15) is 13.2 Å². The molecule has 4 heterocycles. The Kier molecular flexibility index (Phi) is 8.41. The molecule has 0 saturated carbocycles. The number of nitrogens with zero attached hydrogens (tertiary/aromatic N) is 3. The summed E-state index contributed by atoms with van der Waals surface area (Å²) in [5, 5.41) is 11.2. The summed E-state index contributed by atoms with van der Waals surface area (Å²) in [4.78, 5) is 31.8. The van der Waals surface area contributed by atoms with Crippen LogP contribution in [0.2, 0.25) is 5.02 Å². The molecule has 1 N–H and O–H groups in total. The molecule has 2 aromatic rings. The zero-order valence-electron chi connectivity index (χ0n) is 24.2. The number of alkyl halides is 3. The van der Waals surface area contributed by atoms with Crippen LogP contribution >= 0.6 is 11.6 Å². The Morgan fingerprint density at radius 3 is 1.91 bits per heavy atom. The maximum atomic E-state index is 14.0. The minimum atomic E-state index is -5.12. The third-order valence-electron chi connectivity index (χ3n) is 10.3. The van der Waals surface area contributed by atoms with Crippen LogP contribution in [0.4, 0.5) is 18.9 Å². The second kappa shape index (κ2) is 12.0. The predicted molar refractivity (Wildman–Crippen MR) is 159 cm³/mol. The number of amides is 2. The number of hydrogen-bond donors (Lipinski definition) is 1. The van der Waals surface area contributed by atoms with Crippen molar-refractivity contribution in [2.24, 2.45) is 11.8 Å². The van der Waals surface area contributed by atoms with E-state index in [0.717, 1.165) is 75.9 Å². The lowest BCUT2D eigenvalue weighted by atomic mass is 9.82. The van der Waals surface area contributed by atoms with Crippen molar-refractivity contribution in [1.82, 2.24) is 9.80 Å². The summed E-state index contributed by atoms with van der Waals surface area (Å²) in [5.41, 5.74) is -2.40. The molecule has 0 aliphatic carbocycles. The number of rotatable bonds is 6. The van der Waals surface area contributed by atoms with Crippen LogP contribution in [0.3, 0.4) is 0 Å². The Morgan fingerprint density at radius 1 is 0.814 bits per heavy atom. The van der Waals surface area contributed by atoms with Gasteiger partial charge in [-0.15, -0.1) is 0 Å². The van der Waals surface area contributed by atoms with E-state index in [1.807, 2.05) is 23.1 Å². The summed E-state index contributed by atoms with van der Waals surface area (Å²) >= 11 is 6.64. The first-order valence-corrected chi connectivity index (χ1v) is 15.9. The third-order valence-corrected chi connectivity index (χ3v) is 10.6. The first-order valence-electron chi connectivity index (χ1n) is 15.6. The van der Waals surface area contributed by atoms with E-state index < -0.39 is 23.2 Å². The number of fused-ring (bicyclic) bond motifs is 2. The van der Waals surface area contributed by atoms with Gasteiger partial charge in [0.25, 0.3) is 17.4 Å². The smallest absolute Gasteiger partial charge is 0.371 e. The fourth-order valence-electron chi connectivity index (χ4n) is 7.84. The van der Waals surface area contributed by atoms with Crippen molar-refractivity contribution in [3.63, 3.8) is 0 Å². The second-order valence-corrected chi connectivity index (χ2v) is 13.2. The number of anilines is 1. The molecule has 1 atom stereocenters. The molecule has 2 bridgehead atoms. The monoisotopic (exact) mass is 617 g/mol. The van der Waals surface area contributed by atoms with E-state index in [9.17, 15) is 27.9 Å². The summed E-state index contributed by atoms with van der Waals surface area (Å²) in [6.07, 6.45) is 3.46. The van der Waals surface area contributed by atoms with Crippen molar-refractivity contribution >= 4 is 29.1 Å². The van der Waals surface area contributed by atoms with Crippen LogP contribution < -0.4 is 4.90 Å². The lowest BCUT2D eigenvalue weighted by molar-refractivity contribution is -0.262. The standard InChI is InChI=1S/C33H39ClF3N3O3/c34-29-21-27(10-11-28(29)30(41)40-25-6-7-26(40)9-8-25)38-16-12-22(13-17-38)20-23-14-18-39(19-15-23)31(42)32(43,33(35,36)37)24-4-2-1-3-5-24/h1-5,10-11,21-23,25-26,43H,6-9,12-20H2. The topological polar surface area (TPSA) is 64.1 Å². The van der Waals surface area contributed by atoms with Gasteiger partial charge < -0.3 is 19.8 Å². The van der Waals surface area contributed by atoms with E-state index in [1.54, 1.807) is 6.07 Å². The van der Waals surface area contributed by atoms with Crippen LogP contribution in [0.25, 0.3) is 0 Å². The highest BCUT2D eigenvalue weighted by Crippen LogP contribution is 2.42. The van der Waals surface area contributed by atoms with E-state index >= 15 is 0 Å². The third kappa shape index (κ3) is 5.75. The highest BCUT2D eigenvalue weighted by atomic mass is 35.5. The second-order valence-electron chi connectivity index (χ2n) is 12.8. The number of hydrogen-bond acceptors (Lipinski definition) is 4. The highest BCUT2D eigenvalue weighted by Gasteiger charge is 2.62. The molecule has 4 saturated heterocycles. The molecule has 232 valence electrons. The molecule has 0 radical (unpaired) electrons. The Morgan fingerprint density at radius 2 is 1.37 bits per heavy atom. The SMILES string of the molecule is O=C(c1ccc(N2CCC(CC3CCN(C(=O)C(O)(c4ccccc4)C(F)(F)F)CC3)CC2)cc1Cl)N1C2CCC1CC2. The van der Waals surface area contributed by atoms with Gasteiger partial charge in [0.2, 0.25) is 0 Å². The molecule has 6 rings (SSSR count). The van der Waals surface area contributed by atoms with Gasteiger partial charge in [0.1, 0.15) is 0 Å². The number of carbonyl (C=O) groups excluding carboxylic acids is 2. The van der Waals surface area contributed by atoms with Crippen LogP contribution in [0.1, 0.15) is 73.7 Å².